The summed E-state index contributed by atoms with van der Waals surface area (Å²) in [6, 6.07) is 8.19. The molecule has 1 fully saturated rings. The zero-order chi connectivity index (χ0) is 31.3. The third kappa shape index (κ3) is 6.76. The minimum absolute atomic E-state index is 0.0127. The molecule has 3 aromatic rings. The lowest BCUT2D eigenvalue weighted by molar-refractivity contribution is 0.0180. The Morgan fingerprint density at radius 2 is 1.91 bits per heavy atom. The summed E-state index contributed by atoms with van der Waals surface area (Å²) in [5.41, 5.74) is 4.85. The molecule has 5 rings (SSSR count). The SMILES string of the molecule is CC(C)(C)OC(=O)N1C[C@H](N2CCCc3cc(Cl)cc(-c4ccnc5cc(CO)sc45)c32)C[C@@H]1CO[Si](C)(C)C(C)(C)C. The van der Waals surface area contributed by atoms with Gasteiger partial charge in [-0.15, -0.1) is 11.3 Å². The van der Waals surface area contributed by atoms with Gasteiger partial charge in [0.05, 0.1) is 29.5 Å². The van der Waals surface area contributed by atoms with Gasteiger partial charge in [-0.2, -0.15) is 0 Å². The van der Waals surface area contributed by atoms with Crippen LogP contribution in [0, 0.1) is 0 Å². The Bertz CT molecular complexity index is 1500. The third-order valence-electron chi connectivity index (χ3n) is 9.10. The molecule has 234 valence electrons. The number of thiophene rings is 1. The molecule has 2 aromatic heterocycles. The van der Waals surface area contributed by atoms with Gasteiger partial charge >= 0.3 is 6.09 Å². The van der Waals surface area contributed by atoms with Crippen LogP contribution in [0.4, 0.5) is 10.5 Å². The number of likely N-dealkylation sites (tertiary alicyclic amines) is 1. The van der Waals surface area contributed by atoms with E-state index in [2.05, 4.69) is 61.9 Å². The van der Waals surface area contributed by atoms with E-state index in [1.54, 1.807) is 11.3 Å². The maximum absolute atomic E-state index is 13.6. The normalized spacial score (nSPS) is 19.7. The molecule has 43 heavy (non-hydrogen) atoms. The summed E-state index contributed by atoms with van der Waals surface area (Å²) in [6.07, 6.45) is 4.31. The Morgan fingerprint density at radius 3 is 2.58 bits per heavy atom. The first kappa shape index (κ1) is 32.2. The monoisotopic (exact) mass is 643 g/mol. The van der Waals surface area contributed by atoms with Crippen LogP contribution in [-0.2, 0) is 22.2 Å². The van der Waals surface area contributed by atoms with E-state index in [0.29, 0.717) is 18.2 Å². The molecule has 0 radical (unpaired) electrons. The van der Waals surface area contributed by atoms with Gasteiger partial charge in [0.1, 0.15) is 5.60 Å². The second-order valence-corrected chi connectivity index (χ2v) is 20.8. The zero-order valence-corrected chi connectivity index (χ0v) is 29.4. The summed E-state index contributed by atoms with van der Waals surface area (Å²) in [5.74, 6) is 0. The number of carbonyl (C=O) groups excluding carboxylic acids is 1. The molecule has 0 aliphatic carbocycles. The number of halogens is 1. The highest BCUT2D eigenvalue weighted by Gasteiger charge is 2.44. The molecule has 1 aromatic carbocycles. The number of hydrogen-bond donors (Lipinski definition) is 1. The van der Waals surface area contributed by atoms with Gasteiger partial charge in [-0.3, -0.25) is 4.98 Å². The van der Waals surface area contributed by atoms with Crippen LogP contribution in [0.25, 0.3) is 21.3 Å². The number of rotatable bonds is 6. The lowest BCUT2D eigenvalue weighted by Crippen LogP contribution is -2.47. The van der Waals surface area contributed by atoms with Crippen LogP contribution in [0.5, 0.6) is 0 Å². The number of aliphatic hydroxyl groups excluding tert-OH is 1. The van der Waals surface area contributed by atoms with Crippen LogP contribution in [-0.4, -0.2) is 66.8 Å². The van der Waals surface area contributed by atoms with Gasteiger partial charge in [-0.25, -0.2) is 4.79 Å². The average molecular weight is 644 g/mol. The summed E-state index contributed by atoms with van der Waals surface area (Å²) in [7, 11) is -2.02. The molecule has 2 aliphatic heterocycles. The lowest BCUT2D eigenvalue weighted by Gasteiger charge is -2.38. The predicted octanol–water partition coefficient (Wildman–Crippen LogP) is 8.26. The second kappa shape index (κ2) is 12.0. The van der Waals surface area contributed by atoms with E-state index in [-0.39, 0.29) is 29.8 Å². The van der Waals surface area contributed by atoms with Crippen LogP contribution in [0.1, 0.15) is 64.8 Å². The third-order valence-corrected chi connectivity index (χ3v) is 15.0. The highest BCUT2D eigenvalue weighted by molar-refractivity contribution is 7.19. The second-order valence-electron chi connectivity index (χ2n) is 14.4. The number of ether oxygens (including phenoxy) is 1. The highest BCUT2D eigenvalue weighted by Crippen LogP contribution is 2.45. The van der Waals surface area contributed by atoms with E-state index in [0.717, 1.165) is 52.0 Å². The van der Waals surface area contributed by atoms with E-state index in [9.17, 15) is 9.90 Å². The van der Waals surface area contributed by atoms with Crippen LogP contribution in [0.2, 0.25) is 23.2 Å². The fourth-order valence-electron chi connectivity index (χ4n) is 5.93. The number of anilines is 1. The molecular formula is C33H46ClN3O4SSi. The van der Waals surface area contributed by atoms with Gasteiger partial charge in [0.25, 0.3) is 0 Å². The van der Waals surface area contributed by atoms with Gasteiger partial charge in [-0.05, 0) is 88.0 Å². The molecule has 1 saturated heterocycles. The van der Waals surface area contributed by atoms with E-state index in [4.69, 9.17) is 20.8 Å². The number of aromatic nitrogens is 1. The summed E-state index contributed by atoms with van der Waals surface area (Å²) in [4.78, 5) is 23.4. The van der Waals surface area contributed by atoms with E-state index >= 15 is 0 Å². The van der Waals surface area contributed by atoms with E-state index in [1.807, 2.05) is 37.9 Å². The van der Waals surface area contributed by atoms with Crippen molar-refractivity contribution in [3.8, 4) is 11.1 Å². The Morgan fingerprint density at radius 1 is 1.16 bits per heavy atom. The molecule has 0 spiro atoms. The number of fused-ring (bicyclic) bond motifs is 2. The number of benzene rings is 1. The average Bonchev–Trinajstić information content (AvgIpc) is 3.54. The van der Waals surface area contributed by atoms with Crippen molar-refractivity contribution in [2.75, 3.05) is 24.6 Å². The topological polar surface area (TPSA) is 75.1 Å². The summed E-state index contributed by atoms with van der Waals surface area (Å²) < 4.78 is 13.6. The quantitative estimate of drug-likeness (QED) is 0.273. The molecule has 10 heteroatoms. The smallest absolute Gasteiger partial charge is 0.410 e. The zero-order valence-electron chi connectivity index (χ0n) is 26.8. The number of pyridine rings is 1. The number of aryl methyl sites for hydroxylation is 1. The molecule has 1 N–H and O–H groups in total. The van der Waals surface area contributed by atoms with E-state index in [1.165, 1.54) is 11.3 Å². The number of aliphatic hydroxyl groups is 1. The Hall–Kier alpha value is -2.17. The largest absolute Gasteiger partial charge is 0.444 e. The van der Waals surface area contributed by atoms with E-state index < -0.39 is 13.9 Å². The first-order chi connectivity index (χ1) is 20.1. The van der Waals surface area contributed by atoms with Gasteiger partial charge < -0.3 is 24.1 Å². The lowest BCUT2D eigenvalue weighted by atomic mass is 9.92. The van der Waals surface area contributed by atoms with Crippen molar-refractivity contribution in [3.05, 3.63) is 45.9 Å². The number of hydrogen-bond acceptors (Lipinski definition) is 7. The molecule has 0 bridgehead atoms. The minimum Gasteiger partial charge on any atom is -0.444 e. The first-order valence-electron chi connectivity index (χ1n) is 15.3. The van der Waals surface area contributed by atoms with Crippen LogP contribution in [0.3, 0.4) is 0 Å². The van der Waals surface area contributed by atoms with Crippen molar-refractivity contribution in [1.82, 2.24) is 9.88 Å². The first-order valence-corrected chi connectivity index (χ1v) is 19.4. The van der Waals surface area contributed by atoms with Gasteiger partial charge in [0, 0.05) is 52.0 Å². The van der Waals surface area contributed by atoms with Crippen molar-refractivity contribution in [2.24, 2.45) is 0 Å². The fourth-order valence-corrected chi connectivity index (χ4v) is 8.21. The van der Waals surface area contributed by atoms with Gasteiger partial charge in [-0.1, -0.05) is 32.4 Å². The van der Waals surface area contributed by atoms with Crippen molar-refractivity contribution >= 4 is 53.3 Å². The standard InChI is InChI=1S/C33H46ClN3O4SSi/c1-32(2,3)41-31(39)37-18-23(16-24(37)20-40-43(7,8)33(4,5)6)36-13-9-10-21-14-22(34)15-27(29(21)36)26-11-12-35-28-17-25(19-38)42-30(26)28/h11-12,14-15,17,23-24,38H,9-10,13,16,18-20H2,1-8H3/t23-,24-/m1/s1. The number of carbonyl (C=O) groups is 1. The molecular weight excluding hydrogens is 598 g/mol. The summed E-state index contributed by atoms with van der Waals surface area (Å²) in [5, 5.41) is 10.6. The molecule has 1 amide bonds. The molecule has 0 saturated carbocycles. The Balaban J connectivity index is 1.53. The number of amides is 1. The minimum atomic E-state index is -2.02. The van der Waals surface area contributed by atoms with Gasteiger partial charge in [0.2, 0.25) is 0 Å². The molecule has 0 unspecified atom stereocenters. The predicted molar refractivity (Wildman–Crippen MR) is 180 cm³/mol. The van der Waals surface area contributed by atoms with Crippen molar-refractivity contribution < 1.29 is 19.1 Å². The van der Waals surface area contributed by atoms with Crippen molar-refractivity contribution in [1.29, 1.82) is 0 Å². The van der Waals surface area contributed by atoms with Crippen LogP contribution >= 0.6 is 22.9 Å². The number of nitrogens with zero attached hydrogens (tertiary/aromatic N) is 3. The Labute approximate surface area is 266 Å². The molecule has 7 nitrogen and oxygen atoms in total. The summed E-state index contributed by atoms with van der Waals surface area (Å²) >= 11 is 8.31. The van der Waals surface area contributed by atoms with Crippen molar-refractivity contribution in [2.45, 2.75) is 103 Å². The summed E-state index contributed by atoms with van der Waals surface area (Å²) in [6.45, 7) is 19.0. The van der Waals surface area contributed by atoms with Crippen molar-refractivity contribution in [3.63, 3.8) is 0 Å². The van der Waals surface area contributed by atoms with Gasteiger partial charge in [0.15, 0.2) is 8.32 Å². The maximum Gasteiger partial charge on any atom is 0.410 e. The highest BCUT2D eigenvalue weighted by atomic mass is 35.5. The molecule has 2 atom stereocenters. The molecule has 2 aliphatic rings. The van der Waals surface area contributed by atoms with Crippen LogP contribution in [0.15, 0.2) is 30.5 Å². The fraction of sp³-hybridized carbons (Fsp3) is 0.576. The Kier molecular flexibility index (Phi) is 8.97. The van der Waals surface area contributed by atoms with Crippen LogP contribution < -0.4 is 4.90 Å². The molecule has 4 heterocycles. The maximum atomic E-state index is 13.6.